The topological polar surface area (TPSA) is 38.9 Å². The minimum atomic E-state index is -1.35. The normalized spacial score (nSPS) is 11.3. The summed E-state index contributed by atoms with van der Waals surface area (Å²) in [5.74, 6) is 0.664. The van der Waals surface area contributed by atoms with E-state index >= 15 is 0 Å². The molecule has 3 aromatic heterocycles. The Kier molecular flexibility index (Phi) is 9.75. The van der Waals surface area contributed by atoms with Gasteiger partial charge in [-0.3, -0.25) is 0 Å². The number of hydrogen-bond acceptors (Lipinski definition) is 3. The molecule has 6 aromatic rings. The van der Waals surface area contributed by atoms with E-state index in [9.17, 15) is 0 Å². The van der Waals surface area contributed by atoms with Crippen LogP contribution >= 0.6 is 0 Å². The summed E-state index contributed by atoms with van der Waals surface area (Å²) in [7, 11) is -1.35. The second-order valence-electron chi connectivity index (χ2n) is 11.8. The van der Waals surface area contributed by atoms with Gasteiger partial charge < -0.3 is 14.4 Å². The Hall–Kier alpha value is -3.37. The number of furan rings is 1. The van der Waals surface area contributed by atoms with Gasteiger partial charge in [0.2, 0.25) is 0 Å². The zero-order valence-electron chi connectivity index (χ0n) is 24.6. The first-order valence-corrected chi connectivity index (χ1v) is 17.4. The van der Waals surface area contributed by atoms with Gasteiger partial charge >= 0.3 is 0 Å². The monoisotopic (exact) mass is 733 g/mol. The quantitative estimate of drug-likeness (QED) is 0.131. The van der Waals surface area contributed by atoms with Crippen LogP contribution in [0, 0.1) is 25.0 Å². The molecule has 6 rings (SSSR count). The summed E-state index contributed by atoms with van der Waals surface area (Å²) in [6.07, 6.45) is 5.03. The molecule has 0 fully saturated rings. The van der Waals surface area contributed by atoms with Crippen LogP contribution in [-0.4, -0.2) is 18.0 Å². The van der Waals surface area contributed by atoms with Crippen LogP contribution in [0.25, 0.3) is 44.5 Å². The molecule has 0 N–H and O–H groups in total. The van der Waals surface area contributed by atoms with E-state index in [1.54, 1.807) is 6.20 Å². The number of hydrogen-bond donors (Lipinski definition) is 0. The number of pyridine rings is 2. The molecule has 0 unspecified atom stereocenters. The van der Waals surface area contributed by atoms with Crippen molar-refractivity contribution < 1.29 is 24.5 Å². The van der Waals surface area contributed by atoms with Gasteiger partial charge in [0.15, 0.2) is 0 Å². The summed E-state index contributed by atoms with van der Waals surface area (Å²) in [5.41, 5.74) is 8.39. The second kappa shape index (κ2) is 13.1. The molecule has 0 atom stereocenters. The van der Waals surface area contributed by atoms with Crippen LogP contribution < -0.4 is 5.19 Å². The van der Waals surface area contributed by atoms with Crippen LogP contribution in [0.4, 0.5) is 0 Å². The van der Waals surface area contributed by atoms with E-state index in [4.69, 9.17) is 9.40 Å². The maximum atomic E-state index is 5.97. The van der Waals surface area contributed by atoms with E-state index in [1.807, 2.05) is 54.6 Å². The van der Waals surface area contributed by atoms with Gasteiger partial charge in [0, 0.05) is 37.9 Å². The molecule has 3 heterocycles. The predicted molar refractivity (Wildman–Crippen MR) is 171 cm³/mol. The SMILES string of the molecule is Cc1c[c-]c(-c2cc(CC(C)C)c([Si](C)(C)C)cn2)cc1.[Ir].[c-]1ccc2c(oc3ccccc32)c1-c1ccccn1. The van der Waals surface area contributed by atoms with E-state index in [-0.39, 0.29) is 20.1 Å². The Bertz CT molecular complexity index is 1740. The summed E-state index contributed by atoms with van der Waals surface area (Å²) < 4.78 is 5.97. The third-order valence-corrected chi connectivity index (χ3v) is 9.00. The maximum Gasteiger partial charge on any atom is 0.120 e. The van der Waals surface area contributed by atoms with Crippen molar-refractivity contribution in [3.63, 3.8) is 0 Å². The van der Waals surface area contributed by atoms with Crippen LogP contribution in [-0.2, 0) is 26.5 Å². The van der Waals surface area contributed by atoms with Crippen molar-refractivity contribution in [3.05, 3.63) is 115 Å². The van der Waals surface area contributed by atoms with E-state index < -0.39 is 8.07 Å². The van der Waals surface area contributed by atoms with Crippen LogP contribution in [0.2, 0.25) is 19.6 Å². The van der Waals surface area contributed by atoms with Gasteiger partial charge in [0.1, 0.15) is 5.58 Å². The summed E-state index contributed by atoms with van der Waals surface area (Å²) >= 11 is 0. The van der Waals surface area contributed by atoms with Crippen molar-refractivity contribution in [2.75, 3.05) is 0 Å². The van der Waals surface area contributed by atoms with Gasteiger partial charge in [-0.2, -0.15) is 0 Å². The average Bonchev–Trinajstić information content (AvgIpc) is 3.32. The van der Waals surface area contributed by atoms with Gasteiger partial charge in [-0.1, -0.05) is 93.3 Å². The summed E-state index contributed by atoms with van der Waals surface area (Å²) in [5, 5.41) is 3.73. The van der Waals surface area contributed by atoms with Gasteiger partial charge in [-0.05, 0) is 41.0 Å². The zero-order chi connectivity index (χ0) is 28.3. The Labute approximate surface area is 258 Å². The number of nitrogens with zero attached hydrogens (tertiary/aromatic N) is 2. The number of aryl methyl sites for hydroxylation is 1. The number of fused-ring (bicyclic) bond motifs is 3. The van der Waals surface area contributed by atoms with Crippen LogP contribution in [0.1, 0.15) is 25.0 Å². The van der Waals surface area contributed by atoms with Crippen molar-refractivity contribution in [3.8, 4) is 22.5 Å². The van der Waals surface area contributed by atoms with E-state index in [1.165, 1.54) is 16.3 Å². The predicted octanol–water partition coefficient (Wildman–Crippen LogP) is 9.05. The van der Waals surface area contributed by atoms with E-state index in [0.717, 1.165) is 50.9 Å². The molecule has 0 aliphatic carbocycles. The first kappa shape index (κ1) is 30.6. The molecule has 0 aliphatic heterocycles. The molecule has 211 valence electrons. The molecule has 0 bridgehead atoms. The van der Waals surface area contributed by atoms with Crippen LogP contribution in [0.5, 0.6) is 0 Å². The molecule has 5 heteroatoms. The Balaban J connectivity index is 0.000000185. The molecule has 3 aromatic carbocycles. The minimum absolute atomic E-state index is 0. The fourth-order valence-electron chi connectivity index (χ4n) is 4.98. The maximum absolute atomic E-state index is 5.97. The molecular weight excluding hydrogens is 697 g/mol. The first-order valence-electron chi connectivity index (χ1n) is 13.9. The largest absolute Gasteiger partial charge is 0.501 e. The summed E-state index contributed by atoms with van der Waals surface area (Å²) in [6.45, 7) is 13.8. The molecule has 1 radical (unpaired) electrons. The molecule has 0 aliphatic rings. The van der Waals surface area contributed by atoms with E-state index in [0.29, 0.717) is 5.92 Å². The Morgan fingerprint density at radius 3 is 2.32 bits per heavy atom. The first-order chi connectivity index (χ1) is 19.2. The zero-order valence-corrected chi connectivity index (χ0v) is 28.0. The van der Waals surface area contributed by atoms with Crippen molar-refractivity contribution in [2.24, 2.45) is 5.92 Å². The Morgan fingerprint density at radius 2 is 1.63 bits per heavy atom. The van der Waals surface area contributed by atoms with Crippen molar-refractivity contribution in [1.29, 1.82) is 0 Å². The second-order valence-corrected chi connectivity index (χ2v) is 16.8. The standard InChI is InChI=1S/C19H26NSi.C17H10NO.Ir/c1-14(2)11-17-12-18(16-9-7-15(3)8-10-16)20-13-19(17)21(4,5)6;1-2-10-16-12(6-1)13-7-5-8-14(17(13)19-16)15-9-3-4-11-18-15;/h7-9,12-14H,11H2,1-6H3;1-7,9-11H;/q2*-1;. The number of aromatic nitrogens is 2. The molecule has 41 heavy (non-hydrogen) atoms. The molecule has 0 spiro atoms. The van der Waals surface area contributed by atoms with Gasteiger partial charge in [-0.15, -0.1) is 53.6 Å². The van der Waals surface area contributed by atoms with Crippen molar-refractivity contribution in [2.45, 2.75) is 46.8 Å². The molecule has 0 amide bonds. The fourth-order valence-corrected chi connectivity index (χ4v) is 6.57. The fraction of sp³-hybridized carbons (Fsp3) is 0.222. The minimum Gasteiger partial charge on any atom is -0.501 e. The van der Waals surface area contributed by atoms with Gasteiger partial charge in [0.25, 0.3) is 0 Å². The third kappa shape index (κ3) is 7.10. The molecular formula is C36H36IrN2OSi-2. The van der Waals surface area contributed by atoms with Gasteiger partial charge in [-0.25, -0.2) is 0 Å². The molecule has 0 saturated heterocycles. The molecule has 3 nitrogen and oxygen atoms in total. The van der Waals surface area contributed by atoms with Crippen LogP contribution in [0.15, 0.2) is 95.7 Å². The van der Waals surface area contributed by atoms with Crippen LogP contribution in [0.3, 0.4) is 0 Å². The number of benzene rings is 3. The molecule has 0 saturated carbocycles. The third-order valence-electron chi connectivity index (χ3n) is 6.93. The Morgan fingerprint density at radius 1 is 0.854 bits per heavy atom. The van der Waals surface area contributed by atoms with Gasteiger partial charge in [0.05, 0.1) is 13.7 Å². The van der Waals surface area contributed by atoms with Crippen molar-refractivity contribution >= 4 is 35.2 Å². The summed E-state index contributed by atoms with van der Waals surface area (Å²) in [6, 6.07) is 33.0. The van der Waals surface area contributed by atoms with E-state index in [2.05, 4.69) is 88.0 Å². The van der Waals surface area contributed by atoms with Crippen molar-refractivity contribution in [1.82, 2.24) is 9.97 Å². The smallest absolute Gasteiger partial charge is 0.120 e. The average molecular weight is 733 g/mol. The number of para-hydroxylation sites is 1. The number of rotatable bonds is 5. The summed E-state index contributed by atoms with van der Waals surface area (Å²) in [4.78, 5) is 9.09.